The van der Waals surface area contributed by atoms with E-state index < -0.39 is 11.6 Å². The van der Waals surface area contributed by atoms with Crippen molar-refractivity contribution in [3.8, 4) is 11.1 Å². The first-order valence-corrected chi connectivity index (χ1v) is 6.75. The van der Waals surface area contributed by atoms with Gasteiger partial charge in [-0.15, -0.1) is 0 Å². The van der Waals surface area contributed by atoms with Gasteiger partial charge in [0.15, 0.2) is 5.60 Å². The summed E-state index contributed by atoms with van der Waals surface area (Å²) in [4.78, 5) is 22.6. The highest BCUT2D eigenvalue weighted by molar-refractivity contribution is 5.93. The molecule has 0 radical (unpaired) electrons. The summed E-state index contributed by atoms with van der Waals surface area (Å²) >= 11 is 0. The summed E-state index contributed by atoms with van der Waals surface area (Å²) in [5.41, 5.74) is 0.0635. The Labute approximate surface area is 128 Å². The number of aliphatic carboxylic acids is 1. The number of aliphatic hydroxyl groups is 1. The molecule has 0 heterocycles. The quantitative estimate of drug-likeness (QED) is 0.810. The van der Waals surface area contributed by atoms with Crippen LogP contribution in [-0.4, -0.2) is 22.1 Å². The van der Waals surface area contributed by atoms with Gasteiger partial charge in [0.25, 0.3) is 0 Å². The lowest BCUT2D eigenvalue weighted by molar-refractivity contribution is -0.157. The van der Waals surface area contributed by atoms with Crippen LogP contribution in [0.25, 0.3) is 11.1 Å². The topological polar surface area (TPSA) is 86.6 Å². The van der Waals surface area contributed by atoms with E-state index in [1.165, 1.54) is 19.9 Å². The van der Waals surface area contributed by atoms with Crippen molar-refractivity contribution in [2.45, 2.75) is 19.4 Å². The SMILES string of the molecule is CC(=O)Nc1cc(-c2ccccc2)ccc1C(C)(O)C(=O)O. The number of nitrogens with one attached hydrogen (secondary N) is 1. The number of amides is 1. The molecule has 22 heavy (non-hydrogen) atoms. The second-order valence-electron chi connectivity index (χ2n) is 5.18. The lowest BCUT2D eigenvalue weighted by Crippen LogP contribution is -2.33. The van der Waals surface area contributed by atoms with Crippen molar-refractivity contribution in [1.82, 2.24) is 0 Å². The average molecular weight is 299 g/mol. The number of carbonyl (C=O) groups is 2. The molecular formula is C17H17NO4. The first-order chi connectivity index (χ1) is 10.3. The molecule has 0 bridgehead atoms. The lowest BCUT2D eigenvalue weighted by atomic mass is 9.92. The van der Waals surface area contributed by atoms with E-state index in [-0.39, 0.29) is 17.2 Å². The van der Waals surface area contributed by atoms with Crippen LogP contribution in [0.5, 0.6) is 0 Å². The molecule has 1 atom stereocenters. The fraction of sp³-hybridized carbons (Fsp3) is 0.176. The monoisotopic (exact) mass is 299 g/mol. The van der Waals surface area contributed by atoms with Crippen molar-refractivity contribution >= 4 is 17.6 Å². The van der Waals surface area contributed by atoms with E-state index in [1.807, 2.05) is 30.3 Å². The Hall–Kier alpha value is -2.66. The molecular weight excluding hydrogens is 282 g/mol. The number of carbonyl (C=O) groups excluding carboxylic acids is 1. The molecule has 5 heteroatoms. The van der Waals surface area contributed by atoms with E-state index in [1.54, 1.807) is 12.1 Å². The number of anilines is 1. The van der Waals surface area contributed by atoms with Crippen molar-refractivity contribution in [2.24, 2.45) is 0 Å². The van der Waals surface area contributed by atoms with Gasteiger partial charge in [0.1, 0.15) is 0 Å². The molecule has 0 saturated carbocycles. The molecule has 1 unspecified atom stereocenters. The number of hydrogen-bond donors (Lipinski definition) is 3. The standard InChI is InChI=1S/C17H17NO4/c1-11(19)18-15-10-13(12-6-4-3-5-7-12)8-9-14(15)17(2,22)16(20)21/h3-10,22H,1-2H3,(H,18,19)(H,20,21). The van der Waals surface area contributed by atoms with Crippen LogP contribution < -0.4 is 5.32 Å². The molecule has 0 aliphatic rings. The zero-order chi connectivity index (χ0) is 16.3. The molecule has 0 aromatic heterocycles. The van der Waals surface area contributed by atoms with Crippen LogP contribution in [0, 0.1) is 0 Å². The maximum atomic E-state index is 11.4. The van der Waals surface area contributed by atoms with Crippen molar-refractivity contribution in [2.75, 3.05) is 5.32 Å². The number of rotatable bonds is 4. The molecule has 0 aliphatic heterocycles. The van der Waals surface area contributed by atoms with E-state index in [4.69, 9.17) is 0 Å². The second-order valence-corrected chi connectivity index (χ2v) is 5.18. The zero-order valence-electron chi connectivity index (χ0n) is 12.3. The van der Waals surface area contributed by atoms with E-state index in [0.29, 0.717) is 0 Å². The summed E-state index contributed by atoms with van der Waals surface area (Å²) in [5, 5.41) is 21.9. The summed E-state index contributed by atoms with van der Waals surface area (Å²) in [6.07, 6.45) is 0. The molecule has 0 saturated heterocycles. The van der Waals surface area contributed by atoms with Crippen LogP contribution in [0.4, 0.5) is 5.69 Å². The summed E-state index contributed by atoms with van der Waals surface area (Å²) in [6.45, 7) is 2.51. The van der Waals surface area contributed by atoms with Crippen LogP contribution in [0.1, 0.15) is 19.4 Å². The highest BCUT2D eigenvalue weighted by Gasteiger charge is 2.34. The van der Waals surface area contributed by atoms with Gasteiger partial charge < -0.3 is 15.5 Å². The molecule has 0 aliphatic carbocycles. The van der Waals surface area contributed by atoms with Crippen LogP contribution in [0.15, 0.2) is 48.5 Å². The molecule has 0 spiro atoms. The summed E-state index contributed by atoms with van der Waals surface area (Å²) in [7, 11) is 0. The van der Waals surface area contributed by atoms with E-state index in [9.17, 15) is 19.8 Å². The van der Waals surface area contributed by atoms with E-state index in [0.717, 1.165) is 11.1 Å². The zero-order valence-corrected chi connectivity index (χ0v) is 12.3. The van der Waals surface area contributed by atoms with Crippen molar-refractivity contribution < 1.29 is 19.8 Å². The minimum absolute atomic E-state index is 0.134. The van der Waals surface area contributed by atoms with Gasteiger partial charge in [0, 0.05) is 18.2 Å². The van der Waals surface area contributed by atoms with Gasteiger partial charge in [-0.25, -0.2) is 4.79 Å². The first kappa shape index (κ1) is 15.7. The minimum Gasteiger partial charge on any atom is -0.479 e. The largest absolute Gasteiger partial charge is 0.479 e. The minimum atomic E-state index is -2.09. The van der Waals surface area contributed by atoms with Crippen molar-refractivity contribution in [3.63, 3.8) is 0 Å². The summed E-state index contributed by atoms with van der Waals surface area (Å²) in [5.74, 6) is -1.72. The normalized spacial score (nSPS) is 13.2. The third-order valence-electron chi connectivity index (χ3n) is 3.38. The van der Waals surface area contributed by atoms with Crippen LogP contribution in [0.2, 0.25) is 0 Å². The van der Waals surface area contributed by atoms with Crippen LogP contribution in [0.3, 0.4) is 0 Å². The Bertz CT molecular complexity index is 708. The van der Waals surface area contributed by atoms with Gasteiger partial charge in [-0.3, -0.25) is 4.79 Å². The maximum Gasteiger partial charge on any atom is 0.340 e. The third-order valence-corrected chi connectivity index (χ3v) is 3.38. The van der Waals surface area contributed by atoms with Crippen molar-refractivity contribution in [3.05, 3.63) is 54.1 Å². The summed E-state index contributed by atoms with van der Waals surface area (Å²) < 4.78 is 0. The second kappa shape index (κ2) is 5.99. The molecule has 3 N–H and O–H groups in total. The fourth-order valence-electron chi connectivity index (χ4n) is 2.19. The highest BCUT2D eigenvalue weighted by Crippen LogP contribution is 2.32. The lowest BCUT2D eigenvalue weighted by Gasteiger charge is -2.22. The Balaban J connectivity index is 2.57. The Morgan fingerprint density at radius 2 is 1.68 bits per heavy atom. The molecule has 2 aromatic rings. The van der Waals surface area contributed by atoms with Gasteiger partial charge in [0.2, 0.25) is 5.91 Å². The smallest absolute Gasteiger partial charge is 0.340 e. The predicted octanol–water partition coefficient (Wildman–Crippen LogP) is 2.60. The van der Waals surface area contributed by atoms with Crippen molar-refractivity contribution in [1.29, 1.82) is 0 Å². The van der Waals surface area contributed by atoms with Gasteiger partial charge in [-0.2, -0.15) is 0 Å². The van der Waals surface area contributed by atoms with Gasteiger partial charge in [-0.1, -0.05) is 42.5 Å². The molecule has 1 amide bonds. The Kier molecular flexibility index (Phi) is 4.28. The Morgan fingerprint density at radius 1 is 1.05 bits per heavy atom. The molecule has 2 rings (SSSR count). The molecule has 0 fully saturated rings. The molecule has 114 valence electrons. The van der Waals surface area contributed by atoms with E-state index >= 15 is 0 Å². The van der Waals surface area contributed by atoms with Crippen LogP contribution >= 0.6 is 0 Å². The fourth-order valence-corrected chi connectivity index (χ4v) is 2.19. The van der Waals surface area contributed by atoms with E-state index in [2.05, 4.69) is 5.32 Å². The number of carboxylic acids is 1. The van der Waals surface area contributed by atoms with Gasteiger partial charge in [-0.05, 0) is 24.1 Å². The summed E-state index contributed by atoms with van der Waals surface area (Å²) in [6, 6.07) is 14.4. The number of hydrogen-bond acceptors (Lipinski definition) is 3. The van der Waals surface area contributed by atoms with Crippen LogP contribution in [-0.2, 0) is 15.2 Å². The Morgan fingerprint density at radius 3 is 2.23 bits per heavy atom. The highest BCUT2D eigenvalue weighted by atomic mass is 16.4. The molecule has 2 aromatic carbocycles. The molecule has 5 nitrogen and oxygen atoms in total. The van der Waals surface area contributed by atoms with Gasteiger partial charge in [0.05, 0.1) is 0 Å². The first-order valence-electron chi connectivity index (χ1n) is 6.75. The maximum absolute atomic E-state index is 11.4. The average Bonchev–Trinajstić information content (AvgIpc) is 2.47. The number of benzene rings is 2. The number of carboxylic acid groups (broad SMARTS) is 1. The third kappa shape index (κ3) is 3.15. The van der Waals surface area contributed by atoms with Gasteiger partial charge >= 0.3 is 5.97 Å². The predicted molar refractivity (Wildman–Crippen MR) is 83.4 cm³/mol.